The molecule has 0 aliphatic carbocycles. The van der Waals surface area contributed by atoms with Crippen LogP contribution in [0.4, 0.5) is 10.5 Å². The lowest BCUT2D eigenvalue weighted by Gasteiger charge is -2.43. The van der Waals surface area contributed by atoms with Gasteiger partial charge in [-0.1, -0.05) is 18.2 Å². The van der Waals surface area contributed by atoms with Crippen LogP contribution in [0.2, 0.25) is 0 Å². The molecule has 1 unspecified atom stereocenters. The van der Waals surface area contributed by atoms with Crippen molar-refractivity contribution in [2.75, 3.05) is 18.4 Å². The van der Waals surface area contributed by atoms with Crippen molar-refractivity contribution in [3.63, 3.8) is 0 Å². The second-order valence-corrected chi connectivity index (χ2v) is 7.55. The third-order valence-electron chi connectivity index (χ3n) is 4.55. The number of carbonyl (C=O) groups is 1. The summed E-state index contributed by atoms with van der Waals surface area (Å²) in [6.45, 7) is 7.68. The third kappa shape index (κ3) is 3.82. The number of likely N-dealkylation sites (tertiary alicyclic amines) is 1. The molecule has 0 bridgehead atoms. The van der Waals surface area contributed by atoms with Crippen molar-refractivity contribution in [1.29, 1.82) is 0 Å². The van der Waals surface area contributed by atoms with E-state index in [1.807, 2.05) is 39.0 Å². The number of benzene rings is 1. The fourth-order valence-electron chi connectivity index (χ4n) is 3.34. The molecule has 2 heterocycles. The number of nitrogens with one attached hydrogen (secondary N) is 1. The highest BCUT2D eigenvalue weighted by atomic mass is 16.6. The molecule has 2 aliphatic heterocycles. The zero-order valence-electron chi connectivity index (χ0n) is 14.7. The van der Waals surface area contributed by atoms with E-state index in [0.717, 1.165) is 25.1 Å². The van der Waals surface area contributed by atoms with E-state index in [9.17, 15) is 9.90 Å². The lowest BCUT2D eigenvalue weighted by molar-refractivity contribution is -0.0378. The first-order chi connectivity index (χ1) is 11.3. The van der Waals surface area contributed by atoms with Gasteiger partial charge in [-0.05, 0) is 45.2 Å². The number of aliphatic hydroxyl groups excluding tert-OH is 1. The molecule has 0 aromatic heterocycles. The number of piperidine rings is 1. The Labute approximate surface area is 143 Å². The number of para-hydroxylation sites is 1. The van der Waals surface area contributed by atoms with Crippen molar-refractivity contribution in [3.05, 3.63) is 29.8 Å². The first-order valence-corrected chi connectivity index (χ1v) is 8.60. The third-order valence-corrected chi connectivity index (χ3v) is 4.55. The van der Waals surface area contributed by atoms with Gasteiger partial charge in [0.1, 0.15) is 5.60 Å². The smallest absolute Gasteiger partial charge is 0.410 e. The van der Waals surface area contributed by atoms with E-state index in [1.165, 1.54) is 5.56 Å². The van der Waals surface area contributed by atoms with Gasteiger partial charge in [0.05, 0.1) is 0 Å². The largest absolute Gasteiger partial charge is 0.444 e. The molecule has 1 atom stereocenters. The first-order valence-electron chi connectivity index (χ1n) is 8.60. The SMILES string of the molecule is CC(C)(C)OC(=O)N1CCC(N2Cc3ccccc3NC2O)CC1. The molecule has 0 radical (unpaired) electrons. The quantitative estimate of drug-likeness (QED) is 0.827. The van der Waals surface area contributed by atoms with E-state index in [-0.39, 0.29) is 12.1 Å². The summed E-state index contributed by atoms with van der Waals surface area (Å²) in [5.41, 5.74) is 1.72. The van der Waals surface area contributed by atoms with Gasteiger partial charge in [-0.25, -0.2) is 4.79 Å². The molecule has 6 heteroatoms. The average molecular weight is 333 g/mol. The summed E-state index contributed by atoms with van der Waals surface area (Å²) in [5.74, 6) is 0. The Hall–Kier alpha value is -1.79. The summed E-state index contributed by atoms with van der Waals surface area (Å²) in [6, 6.07) is 8.30. The van der Waals surface area contributed by atoms with Crippen molar-refractivity contribution in [3.8, 4) is 0 Å². The van der Waals surface area contributed by atoms with E-state index in [0.29, 0.717) is 13.1 Å². The van der Waals surface area contributed by atoms with Gasteiger partial charge in [0.15, 0.2) is 6.35 Å². The molecule has 2 N–H and O–H groups in total. The molecule has 0 spiro atoms. The molecule has 2 aliphatic rings. The maximum Gasteiger partial charge on any atom is 0.410 e. The number of carbonyl (C=O) groups excluding carboxylic acids is 1. The highest BCUT2D eigenvalue weighted by molar-refractivity contribution is 5.68. The van der Waals surface area contributed by atoms with Gasteiger partial charge in [0.2, 0.25) is 0 Å². The first kappa shape index (κ1) is 17.0. The van der Waals surface area contributed by atoms with Crippen LogP contribution in [0.1, 0.15) is 39.2 Å². The van der Waals surface area contributed by atoms with Crippen LogP contribution in [0.25, 0.3) is 0 Å². The number of hydrogen-bond acceptors (Lipinski definition) is 5. The van der Waals surface area contributed by atoms with Crippen LogP contribution in [0, 0.1) is 0 Å². The number of aliphatic hydroxyl groups is 1. The maximum absolute atomic E-state index is 12.2. The highest BCUT2D eigenvalue weighted by Crippen LogP contribution is 2.29. The average Bonchev–Trinajstić information content (AvgIpc) is 2.53. The van der Waals surface area contributed by atoms with Crippen LogP contribution < -0.4 is 5.32 Å². The van der Waals surface area contributed by atoms with Crippen LogP contribution in [0.3, 0.4) is 0 Å². The van der Waals surface area contributed by atoms with Crippen LogP contribution in [-0.4, -0.2) is 52.1 Å². The zero-order valence-corrected chi connectivity index (χ0v) is 14.7. The summed E-state index contributed by atoms with van der Waals surface area (Å²) in [4.78, 5) is 16.0. The Morgan fingerprint density at radius 1 is 1.25 bits per heavy atom. The van der Waals surface area contributed by atoms with E-state index >= 15 is 0 Å². The lowest BCUT2D eigenvalue weighted by Crippen LogP contribution is -2.54. The number of rotatable bonds is 1. The van der Waals surface area contributed by atoms with E-state index < -0.39 is 12.0 Å². The molecule has 1 fully saturated rings. The summed E-state index contributed by atoms with van der Waals surface area (Å²) in [7, 11) is 0. The predicted molar refractivity (Wildman–Crippen MR) is 92.4 cm³/mol. The van der Waals surface area contributed by atoms with Crippen molar-refractivity contribution in [2.45, 2.75) is 58.2 Å². The Balaban J connectivity index is 1.58. The summed E-state index contributed by atoms with van der Waals surface area (Å²) >= 11 is 0. The topological polar surface area (TPSA) is 65.0 Å². The maximum atomic E-state index is 12.2. The fraction of sp³-hybridized carbons (Fsp3) is 0.611. The van der Waals surface area contributed by atoms with E-state index in [1.54, 1.807) is 4.90 Å². The van der Waals surface area contributed by atoms with Gasteiger partial charge in [-0.3, -0.25) is 4.90 Å². The number of amides is 1. The fourth-order valence-corrected chi connectivity index (χ4v) is 3.34. The van der Waals surface area contributed by atoms with Crippen LogP contribution >= 0.6 is 0 Å². The van der Waals surface area contributed by atoms with Gasteiger partial charge in [-0.15, -0.1) is 0 Å². The monoisotopic (exact) mass is 333 g/mol. The van der Waals surface area contributed by atoms with E-state index in [4.69, 9.17) is 4.74 Å². The number of fused-ring (bicyclic) bond motifs is 1. The second kappa shape index (κ2) is 6.61. The van der Waals surface area contributed by atoms with Gasteiger partial charge >= 0.3 is 6.09 Å². The van der Waals surface area contributed by atoms with Gasteiger partial charge in [-0.2, -0.15) is 0 Å². The van der Waals surface area contributed by atoms with Gasteiger partial charge in [0.25, 0.3) is 0 Å². The second-order valence-electron chi connectivity index (χ2n) is 7.55. The van der Waals surface area contributed by atoms with E-state index in [2.05, 4.69) is 16.3 Å². The molecule has 6 nitrogen and oxygen atoms in total. The molecule has 3 rings (SSSR count). The Morgan fingerprint density at radius 3 is 2.58 bits per heavy atom. The summed E-state index contributed by atoms with van der Waals surface area (Å²) in [6.07, 6.45) is 0.738. The molecule has 132 valence electrons. The molecular formula is C18H27N3O3. The number of nitrogens with zero attached hydrogens (tertiary/aromatic N) is 2. The van der Waals surface area contributed by atoms with Gasteiger partial charge < -0.3 is 20.1 Å². The predicted octanol–water partition coefficient (Wildman–Crippen LogP) is 2.59. The highest BCUT2D eigenvalue weighted by Gasteiger charge is 2.34. The number of ether oxygens (including phenoxy) is 1. The summed E-state index contributed by atoms with van der Waals surface area (Å²) < 4.78 is 5.44. The van der Waals surface area contributed by atoms with Crippen molar-refractivity contribution in [2.24, 2.45) is 0 Å². The standard InChI is InChI=1S/C18H27N3O3/c1-18(2,3)24-17(23)20-10-8-14(9-11-20)21-12-13-6-4-5-7-15(13)19-16(21)22/h4-7,14,16,19,22H,8-12H2,1-3H3. The lowest BCUT2D eigenvalue weighted by atomic mass is 10.0. The van der Waals surface area contributed by atoms with Crippen LogP contribution in [0.15, 0.2) is 24.3 Å². The molecular weight excluding hydrogens is 306 g/mol. The molecule has 1 amide bonds. The van der Waals surface area contributed by atoms with Crippen molar-refractivity contribution >= 4 is 11.8 Å². The molecule has 1 aromatic carbocycles. The van der Waals surface area contributed by atoms with Crippen LogP contribution in [-0.2, 0) is 11.3 Å². The minimum atomic E-state index is -0.682. The number of anilines is 1. The van der Waals surface area contributed by atoms with Gasteiger partial charge in [0, 0.05) is 31.4 Å². The normalized spacial score (nSPS) is 22.7. The Morgan fingerprint density at radius 2 is 1.92 bits per heavy atom. The van der Waals surface area contributed by atoms with Crippen molar-refractivity contribution in [1.82, 2.24) is 9.80 Å². The molecule has 24 heavy (non-hydrogen) atoms. The minimum absolute atomic E-state index is 0.247. The Bertz CT molecular complexity index is 591. The minimum Gasteiger partial charge on any atom is -0.444 e. The number of hydrogen-bond donors (Lipinski definition) is 2. The Kier molecular flexibility index (Phi) is 4.69. The molecule has 1 aromatic rings. The zero-order chi connectivity index (χ0) is 17.3. The van der Waals surface area contributed by atoms with Crippen molar-refractivity contribution < 1.29 is 14.6 Å². The molecule has 1 saturated heterocycles. The molecule has 0 saturated carbocycles. The summed E-state index contributed by atoms with van der Waals surface area (Å²) in [5, 5.41) is 13.6. The van der Waals surface area contributed by atoms with Crippen LogP contribution in [0.5, 0.6) is 0 Å².